The van der Waals surface area contributed by atoms with Crippen LogP contribution in [0.4, 0.5) is 5.69 Å². The van der Waals surface area contributed by atoms with Gasteiger partial charge in [-0.15, -0.1) is 0 Å². The molecular weight excluding hydrogens is 256 g/mol. The summed E-state index contributed by atoms with van der Waals surface area (Å²) in [6.45, 7) is 0.379. The maximum Gasteiger partial charge on any atom is 0.257 e. The molecule has 20 heavy (non-hydrogen) atoms. The highest BCUT2D eigenvalue weighted by molar-refractivity contribution is 5.96. The fourth-order valence-corrected chi connectivity index (χ4v) is 1.94. The number of nitrogen functional groups attached to an aromatic ring is 1. The maximum absolute atomic E-state index is 12.2. The van der Waals surface area contributed by atoms with Gasteiger partial charge in [-0.05, 0) is 29.8 Å². The first kappa shape index (κ1) is 13.7. The second-order valence-corrected chi connectivity index (χ2v) is 4.61. The predicted molar refractivity (Wildman–Crippen MR) is 76.4 cm³/mol. The number of amides is 1. The smallest absolute Gasteiger partial charge is 0.257 e. The van der Waals surface area contributed by atoms with Crippen molar-refractivity contribution in [2.45, 2.75) is 6.54 Å². The third-order valence-electron chi connectivity index (χ3n) is 2.93. The number of carbonyl (C=O) groups is 1. The van der Waals surface area contributed by atoms with Crippen molar-refractivity contribution in [3.63, 3.8) is 0 Å². The van der Waals surface area contributed by atoms with Gasteiger partial charge in [0.05, 0.1) is 5.56 Å². The van der Waals surface area contributed by atoms with Crippen LogP contribution in [-0.2, 0) is 6.54 Å². The Balaban J connectivity index is 2.16. The van der Waals surface area contributed by atoms with Crippen LogP contribution in [0.1, 0.15) is 15.9 Å². The summed E-state index contributed by atoms with van der Waals surface area (Å²) in [5.74, 6) is -0.656. The second-order valence-electron chi connectivity index (χ2n) is 4.61. The van der Waals surface area contributed by atoms with E-state index in [1.807, 2.05) is 12.1 Å². The molecule has 104 valence electrons. The fraction of sp³-hybridized carbons (Fsp3) is 0.133. The molecule has 1 amide bonds. The van der Waals surface area contributed by atoms with E-state index in [2.05, 4.69) is 0 Å². The minimum Gasteiger partial charge on any atom is -0.508 e. The van der Waals surface area contributed by atoms with Crippen molar-refractivity contribution in [1.29, 1.82) is 0 Å². The molecule has 2 aromatic rings. The van der Waals surface area contributed by atoms with Crippen molar-refractivity contribution in [2.24, 2.45) is 0 Å². The zero-order valence-corrected chi connectivity index (χ0v) is 11.1. The van der Waals surface area contributed by atoms with Gasteiger partial charge in [-0.3, -0.25) is 4.79 Å². The van der Waals surface area contributed by atoms with E-state index in [4.69, 9.17) is 5.73 Å². The SMILES string of the molecule is CN(Cc1cccc(N)c1)C(=O)c1ccc(O)cc1O. The van der Waals surface area contributed by atoms with Crippen LogP contribution >= 0.6 is 0 Å². The molecule has 0 aliphatic rings. The Labute approximate surface area is 116 Å². The molecule has 0 heterocycles. The van der Waals surface area contributed by atoms with E-state index in [1.165, 1.54) is 17.0 Å². The number of phenolic OH excluding ortho intramolecular Hbond substituents is 2. The maximum atomic E-state index is 12.2. The number of benzene rings is 2. The van der Waals surface area contributed by atoms with E-state index < -0.39 is 0 Å². The first-order valence-electron chi connectivity index (χ1n) is 6.09. The number of nitrogens with zero attached hydrogens (tertiary/aromatic N) is 1. The number of hydrogen-bond donors (Lipinski definition) is 3. The van der Waals surface area contributed by atoms with Gasteiger partial charge in [0.15, 0.2) is 0 Å². The van der Waals surface area contributed by atoms with Crippen LogP contribution in [0.3, 0.4) is 0 Å². The highest BCUT2D eigenvalue weighted by atomic mass is 16.3. The first-order valence-corrected chi connectivity index (χ1v) is 6.09. The lowest BCUT2D eigenvalue weighted by molar-refractivity contribution is 0.0782. The molecule has 2 rings (SSSR count). The van der Waals surface area contributed by atoms with Gasteiger partial charge in [0.2, 0.25) is 0 Å². The fourth-order valence-electron chi connectivity index (χ4n) is 1.94. The third kappa shape index (κ3) is 3.00. The predicted octanol–water partition coefficient (Wildman–Crippen LogP) is 1.95. The van der Waals surface area contributed by atoms with Crippen LogP contribution in [-0.4, -0.2) is 28.1 Å². The summed E-state index contributed by atoms with van der Waals surface area (Å²) in [7, 11) is 1.64. The largest absolute Gasteiger partial charge is 0.508 e. The molecule has 5 heteroatoms. The normalized spacial score (nSPS) is 10.2. The lowest BCUT2D eigenvalue weighted by atomic mass is 10.1. The lowest BCUT2D eigenvalue weighted by Gasteiger charge is -2.18. The average molecular weight is 272 g/mol. The van der Waals surface area contributed by atoms with Crippen LogP contribution < -0.4 is 5.73 Å². The lowest BCUT2D eigenvalue weighted by Crippen LogP contribution is -2.26. The summed E-state index contributed by atoms with van der Waals surface area (Å²) < 4.78 is 0. The minimum atomic E-state index is -0.329. The minimum absolute atomic E-state index is 0.0856. The summed E-state index contributed by atoms with van der Waals surface area (Å²) in [5, 5.41) is 18.9. The van der Waals surface area contributed by atoms with Crippen LogP contribution in [0, 0.1) is 0 Å². The highest BCUT2D eigenvalue weighted by Gasteiger charge is 2.16. The van der Waals surface area contributed by atoms with Crippen molar-refractivity contribution in [1.82, 2.24) is 4.90 Å². The van der Waals surface area contributed by atoms with Gasteiger partial charge in [0, 0.05) is 25.3 Å². The number of phenols is 2. The number of rotatable bonds is 3. The molecule has 5 nitrogen and oxygen atoms in total. The number of anilines is 1. The number of aromatic hydroxyl groups is 2. The van der Waals surface area contributed by atoms with Gasteiger partial charge in [-0.2, -0.15) is 0 Å². The van der Waals surface area contributed by atoms with Crippen LogP contribution in [0.15, 0.2) is 42.5 Å². The Hall–Kier alpha value is -2.69. The van der Waals surface area contributed by atoms with Crippen molar-refractivity contribution in [2.75, 3.05) is 12.8 Å². The molecule has 2 aromatic carbocycles. The summed E-state index contributed by atoms with van der Waals surface area (Å²) in [6, 6.07) is 11.2. The third-order valence-corrected chi connectivity index (χ3v) is 2.93. The molecule has 0 aliphatic carbocycles. The highest BCUT2D eigenvalue weighted by Crippen LogP contribution is 2.24. The molecule has 0 aliphatic heterocycles. The molecule has 4 N–H and O–H groups in total. The number of carbonyl (C=O) groups excluding carboxylic acids is 1. The van der Waals surface area contributed by atoms with E-state index in [0.29, 0.717) is 12.2 Å². The summed E-state index contributed by atoms with van der Waals surface area (Å²) in [5.41, 5.74) is 7.38. The van der Waals surface area contributed by atoms with E-state index in [-0.39, 0.29) is 23.0 Å². The van der Waals surface area contributed by atoms with E-state index in [1.54, 1.807) is 19.2 Å². The van der Waals surface area contributed by atoms with Crippen molar-refractivity contribution in [3.05, 3.63) is 53.6 Å². The van der Waals surface area contributed by atoms with Gasteiger partial charge < -0.3 is 20.8 Å². The Kier molecular flexibility index (Phi) is 3.79. The summed E-state index contributed by atoms with van der Waals surface area (Å²) >= 11 is 0. The molecular formula is C15H16N2O3. The zero-order chi connectivity index (χ0) is 14.7. The van der Waals surface area contributed by atoms with Crippen LogP contribution in [0.25, 0.3) is 0 Å². The second kappa shape index (κ2) is 5.52. The standard InChI is InChI=1S/C15H16N2O3/c1-17(9-10-3-2-4-11(16)7-10)15(20)13-6-5-12(18)8-14(13)19/h2-8,18-19H,9,16H2,1H3. The van der Waals surface area contributed by atoms with Gasteiger partial charge in [-0.1, -0.05) is 12.1 Å². The zero-order valence-electron chi connectivity index (χ0n) is 11.1. The van der Waals surface area contributed by atoms with Crippen LogP contribution in [0.2, 0.25) is 0 Å². The number of hydrogen-bond acceptors (Lipinski definition) is 4. The Morgan fingerprint density at radius 3 is 2.60 bits per heavy atom. The Morgan fingerprint density at radius 1 is 1.20 bits per heavy atom. The van der Waals surface area contributed by atoms with Gasteiger partial charge in [-0.25, -0.2) is 0 Å². The molecule has 0 bridgehead atoms. The van der Waals surface area contributed by atoms with Gasteiger partial charge in [0.1, 0.15) is 11.5 Å². The first-order chi connectivity index (χ1) is 9.47. The average Bonchev–Trinajstić information content (AvgIpc) is 2.38. The molecule has 0 unspecified atom stereocenters. The summed E-state index contributed by atoms with van der Waals surface area (Å²) in [6.07, 6.45) is 0. The van der Waals surface area contributed by atoms with E-state index in [0.717, 1.165) is 11.6 Å². The molecule has 0 radical (unpaired) electrons. The molecule has 0 spiro atoms. The molecule has 0 saturated carbocycles. The van der Waals surface area contributed by atoms with E-state index >= 15 is 0 Å². The quantitative estimate of drug-likeness (QED) is 0.745. The molecule has 0 fully saturated rings. The van der Waals surface area contributed by atoms with E-state index in [9.17, 15) is 15.0 Å². The number of nitrogens with two attached hydrogens (primary N) is 1. The van der Waals surface area contributed by atoms with Crippen molar-refractivity contribution < 1.29 is 15.0 Å². The molecule has 0 saturated heterocycles. The summed E-state index contributed by atoms with van der Waals surface area (Å²) in [4.78, 5) is 13.7. The Morgan fingerprint density at radius 2 is 1.95 bits per heavy atom. The van der Waals surface area contributed by atoms with Crippen molar-refractivity contribution >= 4 is 11.6 Å². The molecule has 0 aromatic heterocycles. The molecule has 0 atom stereocenters. The van der Waals surface area contributed by atoms with Gasteiger partial charge in [0.25, 0.3) is 5.91 Å². The van der Waals surface area contributed by atoms with Crippen LogP contribution in [0.5, 0.6) is 11.5 Å². The van der Waals surface area contributed by atoms with Crippen molar-refractivity contribution in [3.8, 4) is 11.5 Å². The Bertz CT molecular complexity index is 641. The monoisotopic (exact) mass is 272 g/mol. The topological polar surface area (TPSA) is 86.8 Å². The van der Waals surface area contributed by atoms with Gasteiger partial charge >= 0.3 is 0 Å².